The first-order valence-corrected chi connectivity index (χ1v) is 7.11. The smallest absolute Gasteiger partial charge is 0.247 e. The highest BCUT2D eigenvalue weighted by atomic mass is 16.2. The van der Waals surface area contributed by atoms with Crippen LogP contribution in [0.5, 0.6) is 0 Å². The summed E-state index contributed by atoms with van der Waals surface area (Å²) in [4.78, 5) is 26.6. The Morgan fingerprint density at radius 1 is 1.20 bits per heavy atom. The monoisotopic (exact) mass is 273 g/mol. The van der Waals surface area contributed by atoms with Gasteiger partial charge in [0.1, 0.15) is 6.04 Å². The molecular formula is C15H19N3O2. The lowest BCUT2D eigenvalue weighted by Crippen LogP contribution is -2.53. The maximum absolute atomic E-state index is 12.6. The van der Waals surface area contributed by atoms with Crippen LogP contribution >= 0.6 is 0 Å². The standard InChI is InChI=1S/C15H19N3O2/c19-14-13(11-4-2-1-3-5-11)18(9-8-17-14)15(20)12-6-7-16-10-12/h1-5,12-13,16H,6-10H2,(H,17,19). The van der Waals surface area contributed by atoms with Crippen molar-refractivity contribution in [2.24, 2.45) is 5.92 Å². The summed E-state index contributed by atoms with van der Waals surface area (Å²) >= 11 is 0. The van der Waals surface area contributed by atoms with E-state index in [0.717, 1.165) is 25.1 Å². The minimum Gasteiger partial charge on any atom is -0.352 e. The van der Waals surface area contributed by atoms with Gasteiger partial charge in [0.25, 0.3) is 0 Å². The number of carbonyl (C=O) groups excluding carboxylic acids is 2. The van der Waals surface area contributed by atoms with Crippen molar-refractivity contribution in [1.82, 2.24) is 15.5 Å². The van der Waals surface area contributed by atoms with Crippen LogP contribution in [0.4, 0.5) is 0 Å². The first kappa shape index (κ1) is 13.1. The van der Waals surface area contributed by atoms with E-state index >= 15 is 0 Å². The highest BCUT2D eigenvalue weighted by molar-refractivity contribution is 5.90. The summed E-state index contributed by atoms with van der Waals surface area (Å²) < 4.78 is 0. The summed E-state index contributed by atoms with van der Waals surface area (Å²) in [7, 11) is 0. The molecule has 1 aromatic rings. The van der Waals surface area contributed by atoms with Gasteiger partial charge in [-0.1, -0.05) is 30.3 Å². The molecule has 2 aliphatic heterocycles. The van der Waals surface area contributed by atoms with E-state index in [2.05, 4.69) is 10.6 Å². The van der Waals surface area contributed by atoms with Crippen molar-refractivity contribution in [3.8, 4) is 0 Å². The molecule has 106 valence electrons. The molecule has 2 aliphatic rings. The van der Waals surface area contributed by atoms with Gasteiger partial charge in [-0.05, 0) is 18.5 Å². The first-order valence-electron chi connectivity index (χ1n) is 7.11. The largest absolute Gasteiger partial charge is 0.352 e. The van der Waals surface area contributed by atoms with Crippen LogP contribution in [0.1, 0.15) is 18.0 Å². The quantitative estimate of drug-likeness (QED) is 0.814. The van der Waals surface area contributed by atoms with Gasteiger partial charge in [0, 0.05) is 19.6 Å². The van der Waals surface area contributed by atoms with Gasteiger partial charge < -0.3 is 15.5 Å². The van der Waals surface area contributed by atoms with Crippen molar-refractivity contribution in [3.05, 3.63) is 35.9 Å². The summed E-state index contributed by atoms with van der Waals surface area (Å²) in [6.07, 6.45) is 0.860. The molecule has 2 atom stereocenters. The van der Waals surface area contributed by atoms with E-state index in [1.165, 1.54) is 0 Å². The van der Waals surface area contributed by atoms with Gasteiger partial charge in [-0.3, -0.25) is 9.59 Å². The zero-order valence-corrected chi connectivity index (χ0v) is 11.3. The Morgan fingerprint density at radius 3 is 2.70 bits per heavy atom. The molecule has 0 bridgehead atoms. The van der Waals surface area contributed by atoms with E-state index in [-0.39, 0.29) is 17.7 Å². The van der Waals surface area contributed by atoms with Crippen molar-refractivity contribution >= 4 is 11.8 Å². The van der Waals surface area contributed by atoms with Gasteiger partial charge in [0.2, 0.25) is 11.8 Å². The van der Waals surface area contributed by atoms with Crippen LogP contribution in [-0.4, -0.2) is 42.9 Å². The molecule has 0 saturated carbocycles. The number of piperazine rings is 1. The molecular weight excluding hydrogens is 254 g/mol. The Hall–Kier alpha value is -1.88. The third-order valence-corrected chi connectivity index (χ3v) is 4.02. The average molecular weight is 273 g/mol. The second kappa shape index (κ2) is 5.63. The number of amides is 2. The van der Waals surface area contributed by atoms with Crippen molar-refractivity contribution in [3.63, 3.8) is 0 Å². The molecule has 2 amide bonds. The van der Waals surface area contributed by atoms with Crippen molar-refractivity contribution < 1.29 is 9.59 Å². The number of nitrogens with zero attached hydrogens (tertiary/aromatic N) is 1. The average Bonchev–Trinajstić information content (AvgIpc) is 3.01. The minimum absolute atomic E-state index is 0.00659. The van der Waals surface area contributed by atoms with Crippen LogP contribution < -0.4 is 10.6 Å². The fraction of sp³-hybridized carbons (Fsp3) is 0.467. The van der Waals surface area contributed by atoms with E-state index in [1.807, 2.05) is 30.3 Å². The maximum atomic E-state index is 12.6. The maximum Gasteiger partial charge on any atom is 0.247 e. The fourth-order valence-corrected chi connectivity index (χ4v) is 2.97. The Labute approximate surface area is 118 Å². The van der Waals surface area contributed by atoms with Crippen molar-refractivity contribution in [2.75, 3.05) is 26.2 Å². The van der Waals surface area contributed by atoms with Crippen LogP contribution in [0.15, 0.2) is 30.3 Å². The predicted molar refractivity (Wildman–Crippen MR) is 74.9 cm³/mol. The van der Waals surface area contributed by atoms with E-state index in [0.29, 0.717) is 13.1 Å². The van der Waals surface area contributed by atoms with Gasteiger partial charge >= 0.3 is 0 Å². The molecule has 0 aromatic heterocycles. The van der Waals surface area contributed by atoms with E-state index in [1.54, 1.807) is 4.90 Å². The molecule has 3 rings (SSSR count). The second-order valence-electron chi connectivity index (χ2n) is 5.33. The highest BCUT2D eigenvalue weighted by Crippen LogP contribution is 2.26. The lowest BCUT2D eigenvalue weighted by atomic mass is 9.99. The number of rotatable bonds is 2. The molecule has 0 aliphatic carbocycles. The van der Waals surface area contributed by atoms with E-state index < -0.39 is 6.04 Å². The first-order chi connectivity index (χ1) is 9.77. The lowest BCUT2D eigenvalue weighted by molar-refractivity contribution is -0.146. The molecule has 2 N–H and O–H groups in total. The molecule has 0 radical (unpaired) electrons. The fourth-order valence-electron chi connectivity index (χ4n) is 2.97. The Morgan fingerprint density at radius 2 is 2.00 bits per heavy atom. The van der Waals surface area contributed by atoms with Crippen molar-refractivity contribution in [2.45, 2.75) is 12.5 Å². The molecule has 2 heterocycles. The van der Waals surface area contributed by atoms with Crippen LogP contribution in [0.25, 0.3) is 0 Å². The molecule has 0 spiro atoms. The molecule has 5 nitrogen and oxygen atoms in total. The molecule has 2 fully saturated rings. The van der Waals surface area contributed by atoms with Crippen LogP contribution in [0.2, 0.25) is 0 Å². The van der Waals surface area contributed by atoms with Crippen molar-refractivity contribution in [1.29, 1.82) is 0 Å². The minimum atomic E-state index is -0.488. The summed E-state index contributed by atoms with van der Waals surface area (Å²) in [6.45, 7) is 2.72. The third-order valence-electron chi connectivity index (χ3n) is 4.02. The second-order valence-corrected chi connectivity index (χ2v) is 5.33. The lowest BCUT2D eigenvalue weighted by Gasteiger charge is -2.36. The zero-order valence-electron chi connectivity index (χ0n) is 11.3. The third kappa shape index (κ3) is 2.41. The topological polar surface area (TPSA) is 61.4 Å². The number of hydrogen-bond donors (Lipinski definition) is 2. The van der Waals surface area contributed by atoms with E-state index in [9.17, 15) is 9.59 Å². The molecule has 1 aromatic carbocycles. The SMILES string of the molecule is O=C1NCCN(C(=O)C2CCNC2)C1c1ccccc1. The predicted octanol–water partition coefficient (Wildman–Crippen LogP) is 0.296. The van der Waals surface area contributed by atoms with E-state index in [4.69, 9.17) is 0 Å². The van der Waals surface area contributed by atoms with Crippen LogP contribution in [-0.2, 0) is 9.59 Å². The highest BCUT2D eigenvalue weighted by Gasteiger charge is 2.37. The van der Waals surface area contributed by atoms with Gasteiger partial charge in [-0.25, -0.2) is 0 Å². The number of nitrogens with one attached hydrogen (secondary N) is 2. The van der Waals surface area contributed by atoms with Gasteiger partial charge in [-0.15, -0.1) is 0 Å². The molecule has 2 unspecified atom stereocenters. The van der Waals surface area contributed by atoms with Gasteiger partial charge in [0.15, 0.2) is 0 Å². The number of carbonyl (C=O) groups is 2. The summed E-state index contributed by atoms with van der Waals surface area (Å²) in [5.74, 6) is 0.0209. The Bertz CT molecular complexity index is 497. The van der Waals surface area contributed by atoms with Crippen LogP contribution in [0, 0.1) is 5.92 Å². The molecule has 2 saturated heterocycles. The van der Waals surface area contributed by atoms with Gasteiger partial charge in [0.05, 0.1) is 5.92 Å². The normalized spacial score (nSPS) is 26.4. The Kier molecular flexibility index (Phi) is 3.69. The number of hydrogen-bond acceptors (Lipinski definition) is 3. The molecule has 5 heteroatoms. The summed E-state index contributed by atoms with van der Waals surface area (Å²) in [5.41, 5.74) is 0.879. The van der Waals surface area contributed by atoms with Crippen LogP contribution in [0.3, 0.4) is 0 Å². The summed E-state index contributed by atoms with van der Waals surface area (Å²) in [6, 6.07) is 9.04. The Balaban J connectivity index is 1.86. The summed E-state index contributed by atoms with van der Waals surface area (Å²) in [5, 5.41) is 6.07. The zero-order chi connectivity index (χ0) is 13.9. The number of benzene rings is 1. The molecule has 20 heavy (non-hydrogen) atoms. The van der Waals surface area contributed by atoms with Gasteiger partial charge in [-0.2, -0.15) is 0 Å².